The van der Waals surface area contributed by atoms with Gasteiger partial charge in [-0.15, -0.1) is 0 Å². The zero-order chi connectivity index (χ0) is 24.9. The van der Waals surface area contributed by atoms with Gasteiger partial charge in [0.1, 0.15) is 23.7 Å². The lowest BCUT2D eigenvalue weighted by Crippen LogP contribution is -2.15. The molecule has 0 aliphatic carbocycles. The maximum absolute atomic E-state index is 13.9. The smallest absolute Gasteiger partial charge is 0.357 e. The quantitative estimate of drug-likeness (QED) is 0.349. The number of esters is 2. The summed E-state index contributed by atoms with van der Waals surface area (Å²) in [4.78, 5) is 25.5. The molecule has 0 unspecified atom stereocenters. The number of ether oxygens (including phenoxy) is 3. The molecule has 0 N–H and O–H groups in total. The van der Waals surface area contributed by atoms with Gasteiger partial charge < -0.3 is 14.2 Å². The lowest BCUT2D eigenvalue weighted by Gasteiger charge is -2.09. The van der Waals surface area contributed by atoms with Gasteiger partial charge in [0.2, 0.25) is 0 Å². The molecule has 0 spiro atoms. The molecule has 0 saturated carbocycles. The number of rotatable bonds is 7. The van der Waals surface area contributed by atoms with Crippen LogP contribution in [0.1, 0.15) is 26.4 Å². The Bertz CT molecular complexity index is 1390. The zero-order valence-corrected chi connectivity index (χ0v) is 18.8. The van der Waals surface area contributed by atoms with Crippen molar-refractivity contribution in [3.63, 3.8) is 0 Å². The Morgan fingerprint density at radius 1 is 0.886 bits per heavy atom. The Balaban J connectivity index is 1.78. The minimum atomic E-state index is -0.821. The molecule has 4 rings (SSSR count). The predicted molar refractivity (Wildman–Crippen MR) is 122 cm³/mol. The molecular formula is C26H20F2N2O5. The molecule has 0 saturated heterocycles. The van der Waals surface area contributed by atoms with E-state index in [1.807, 2.05) is 0 Å². The van der Waals surface area contributed by atoms with Crippen molar-refractivity contribution >= 4 is 11.9 Å². The number of halogens is 2. The predicted octanol–water partition coefficient (Wildman–Crippen LogP) is 4.97. The Labute approximate surface area is 199 Å². The summed E-state index contributed by atoms with van der Waals surface area (Å²) in [5, 5.41) is 4.54. The normalized spacial score (nSPS) is 10.6. The van der Waals surface area contributed by atoms with E-state index in [4.69, 9.17) is 14.2 Å². The van der Waals surface area contributed by atoms with Gasteiger partial charge in [-0.3, -0.25) is 0 Å². The Morgan fingerprint density at radius 3 is 2.31 bits per heavy atom. The first-order valence-corrected chi connectivity index (χ1v) is 10.4. The summed E-state index contributed by atoms with van der Waals surface area (Å²) in [7, 11) is 2.41. The maximum atomic E-state index is 13.9. The van der Waals surface area contributed by atoms with Crippen LogP contribution in [-0.4, -0.2) is 35.9 Å². The van der Waals surface area contributed by atoms with E-state index in [9.17, 15) is 18.4 Å². The summed E-state index contributed by atoms with van der Waals surface area (Å²) in [6.45, 7) is -0.0345. The molecule has 3 aromatic carbocycles. The van der Waals surface area contributed by atoms with Crippen LogP contribution in [0.4, 0.5) is 8.78 Å². The second-order valence-electron chi connectivity index (χ2n) is 7.37. The van der Waals surface area contributed by atoms with Crippen LogP contribution in [0.15, 0.2) is 72.8 Å². The van der Waals surface area contributed by atoms with E-state index in [1.165, 1.54) is 25.0 Å². The molecule has 7 nitrogen and oxygen atoms in total. The molecule has 0 atom stereocenters. The maximum Gasteiger partial charge on any atom is 0.357 e. The average molecular weight is 478 g/mol. The van der Waals surface area contributed by atoms with Gasteiger partial charge >= 0.3 is 11.9 Å². The van der Waals surface area contributed by atoms with Crippen molar-refractivity contribution in [1.82, 2.24) is 9.78 Å². The number of carbonyl (C=O) groups excluding carboxylic acids is 2. The molecule has 4 aromatic rings. The van der Waals surface area contributed by atoms with Crippen LogP contribution in [0.3, 0.4) is 0 Å². The van der Waals surface area contributed by atoms with Gasteiger partial charge in [0.05, 0.1) is 19.9 Å². The standard InChI is InChI=1S/C26H20F2N2O5/c1-33-25(31)22-23(29-30(24(22)26(32)34-2)19-9-4-3-5-10-19)17-8-6-7-16(13-17)15-35-21-12-11-18(27)14-20(21)28/h3-14H,15H2,1-2H3. The van der Waals surface area contributed by atoms with Gasteiger partial charge in [-0.2, -0.15) is 5.10 Å². The third-order valence-corrected chi connectivity index (χ3v) is 5.14. The molecule has 0 radical (unpaired) electrons. The first kappa shape index (κ1) is 23.6. The van der Waals surface area contributed by atoms with E-state index < -0.39 is 23.6 Å². The van der Waals surface area contributed by atoms with Gasteiger partial charge in [-0.25, -0.2) is 23.1 Å². The zero-order valence-electron chi connectivity index (χ0n) is 18.8. The van der Waals surface area contributed by atoms with Gasteiger partial charge in [0.25, 0.3) is 0 Å². The molecule has 1 heterocycles. The fourth-order valence-electron chi connectivity index (χ4n) is 3.52. The van der Waals surface area contributed by atoms with Crippen LogP contribution in [0.5, 0.6) is 5.75 Å². The molecule has 0 bridgehead atoms. The topological polar surface area (TPSA) is 79.7 Å². The third-order valence-electron chi connectivity index (χ3n) is 5.14. The van der Waals surface area contributed by atoms with Crippen molar-refractivity contribution < 1.29 is 32.6 Å². The van der Waals surface area contributed by atoms with Crippen molar-refractivity contribution in [2.75, 3.05) is 14.2 Å². The van der Waals surface area contributed by atoms with E-state index in [0.717, 1.165) is 12.1 Å². The number of hydrogen-bond acceptors (Lipinski definition) is 6. The summed E-state index contributed by atoms with van der Waals surface area (Å²) < 4.78 is 43.8. The highest BCUT2D eigenvalue weighted by Gasteiger charge is 2.31. The minimum absolute atomic E-state index is 0.0345. The average Bonchev–Trinajstić information content (AvgIpc) is 3.29. The van der Waals surface area contributed by atoms with Gasteiger partial charge in [0, 0.05) is 11.6 Å². The fourth-order valence-corrected chi connectivity index (χ4v) is 3.52. The summed E-state index contributed by atoms with van der Waals surface area (Å²) in [6, 6.07) is 18.7. The largest absolute Gasteiger partial charge is 0.486 e. The van der Waals surface area contributed by atoms with Crippen molar-refractivity contribution in [1.29, 1.82) is 0 Å². The monoisotopic (exact) mass is 478 g/mol. The highest BCUT2D eigenvalue weighted by atomic mass is 19.1. The summed E-state index contributed by atoms with van der Waals surface area (Å²) in [5.41, 5.74) is 1.69. The molecular weight excluding hydrogens is 458 g/mol. The van der Waals surface area contributed by atoms with Crippen LogP contribution >= 0.6 is 0 Å². The van der Waals surface area contributed by atoms with Gasteiger partial charge in [-0.1, -0.05) is 36.4 Å². The number of hydrogen-bond donors (Lipinski definition) is 0. The number of aromatic nitrogens is 2. The number of benzene rings is 3. The van der Waals surface area contributed by atoms with E-state index in [-0.39, 0.29) is 29.3 Å². The Kier molecular flexibility index (Phi) is 6.86. The third kappa shape index (κ3) is 4.89. The first-order valence-electron chi connectivity index (χ1n) is 10.4. The second-order valence-corrected chi connectivity index (χ2v) is 7.37. The molecule has 0 aliphatic heterocycles. The molecule has 1 aromatic heterocycles. The van der Waals surface area contributed by atoms with Crippen LogP contribution < -0.4 is 4.74 Å². The van der Waals surface area contributed by atoms with Crippen molar-refractivity contribution in [2.45, 2.75) is 6.61 Å². The summed E-state index contributed by atoms with van der Waals surface area (Å²) in [5.74, 6) is -3.16. The van der Waals surface area contributed by atoms with Crippen LogP contribution in [0.2, 0.25) is 0 Å². The van der Waals surface area contributed by atoms with E-state index >= 15 is 0 Å². The van der Waals surface area contributed by atoms with Crippen LogP contribution in [-0.2, 0) is 16.1 Å². The fraction of sp³-hybridized carbons (Fsp3) is 0.115. The SMILES string of the molecule is COC(=O)c1c(-c2cccc(COc3ccc(F)cc3F)c2)nn(-c2ccccc2)c1C(=O)OC. The molecule has 0 fully saturated rings. The number of para-hydroxylation sites is 1. The summed E-state index contributed by atoms with van der Waals surface area (Å²) in [6.07, 6.45) is 0. The number of methoxy groups -OCH3 is 2. The first-order chi connectivity index (χ1) is 16.9. The van der Waals surface area contributed by atoms with Crippen molar-refractivity contribution in [2.24, 2.45) is 0 Å². The molecule has 0 aliphatic rings. The van der Waals surface area contributed by atoms with Crippen molar-refractivity contribution in [3.05, 3.63) is 101 Å². The molecule has 0 amide bonds. The lowest BCUT2D eigenvalue weighted by molar-refractivity contribution is 0.0549. The van der Waals surface area contributed by atoms with Crippen molar-refractivity contribution in [3.8, 4) is 22.7 Å². The van der Waals surface area contributed by atoms with E-state index in [1.54, 1.807) is 54.6 Å². The van der Waals surface area contributed by atoms with Gasteiger partial charge in [-0.05, 0) is 35.9 Å². The highest BCUT2D eigenvalue weighted by molar-refractivity contribution is 6.06. The highest BCUT2D eigenvalue weighted by Crippen LogP contribution is 2.30. The molecule has 35 heavy (non-hydrogen) atoms. The Hall–Kier alpha value is -4.53. The van der Waals surface area contributed by atoms with E-state index in [2.05, 4.69) is 5.10 Å². The lowest BCUT2D eigenvalue weighted by atomic mass is 10.0. The number of carbonyl (C=O) groups is 2. The van der Waals surface area contributed by atoms with Crippen LogP contribution in [0.25, 0.3) is 16.9 Å². The Morgan fingerprint density at radius 2 is 1.63 bits per heavy atom. The van der Waals surface area contributed by atoms with E-state index in [0.29, 0.717) is 16.8 Å². The molecule has 178 valence electrons. The molecule has 9 heteroatoms. The van der Waals surface area contributed by atoms with Crippen LogP contribution in [0, 0.1) is 11.6 Å². The summed E-state index contributed by atoms with van der Waals surface area (Å²) >= 11 is 0. The van der Waals surface area contributed by atoms with Gasteiger partial charge in [0.15, 0.2) is 17.3 Å². The number of nitrogens with zero attached hydrogens (tertiary/aromatic N) is 2. The second kappa shape index (κ2) is 10.2. The minimum Gasteiger partial charge on any atom is -0.486 e.